The molecular weight excluding hydrogens is 458 g/mol. The Labute approximate surface area is 206 Å². The Bertz CT molecular complexity index is 1600. The average molecular weight is 484 g/mol. The number of nitro groups is 1. The van der Waals surface area contributed by atoms with Gasteiger partial charge in [0.1, 0.15) is 11.6 Å². The molecular formula is C26H25N7O3. The molecule has 0 atom stereocenters. The molecule has 2 aromatic heterocycles. The highest BCUT2D eigenvalue weighted by Gasteiger charge is 2.18. The molecule has 2 N–H and O–H groups in total. The topological polar surface area (TPSA) is 116 Å². The standard InChI is InChI=1S/C26H25N7O3/c1-31-9-11-32(12-10-31)18-5-7-20-22(15-18)30-25(28-20)16-3-6-19-21(13-16)29-26(27-19)17-4-8-24(36-2)23(14-17)33(34)35/h3-8,13-15H,9-12H2,1-2H3,(H,27,29)(H,28,30). The van der Waals surface area contributed by atoms with Gasteiger partial charge in [-0.2, -0.15) is 0 Å². The number of fused-ring (bicyclic) bond motifs is 2. The van der Waals surface area contributed by atoms with Crippen molar-refractivity contribution in [2.75, 3.05) is 45.2 Å². The first-order chi connectivity index (χ1) is 17.5. The van der Waals surface area contributed by atoms with Gasteiger partial charge in [0.2, 0.25) is 0 Å². The molecule has 6 rings (SSSR count). The number of nitrogens with zero attached hydrogens (tertiary/aromatic N) is 5. The van der Waals surface area contributed by atoms with Crippen LogP contribution in [0.1, 0.15) is 0 Å². The van der Waals surface area contributed by atoms with Gasteiger partial charge in [0, 0.05) is 49.1 Å². The second-order valence-corrected chi connectivity index (χ2v) is 9.04. The van der Waals surface area contributed by atoms with Crippen LogP contribution in [0.2, 0.25) is 0 Å². The number of piperazine rings is 1. The van der Waals surface area contributed by atoms with Crippen molar-refractivity contribution in [2.45, 2.75) is 0 Å². The van der Waals surface area contributed by atoms with E-state index in [2.05, 4.69) is 50.0 Å². The molecule has 5 aromatic rings. The van der Waals surface area contributed by atoms with E-state index in [0.717, 1.165) is 59.6 Å². The smallest absolute Gasteiger partial charge is 0.311 e. The minimum absolute atomic E-state index is 0.102. The number of imidazole rings is 2. The lowest BCUT2D eigenvalue weighted by atomic mass is 10.2. The second kappa shape index (κ2) is 8.65. The molecule has 182 valence electrons. The molecule has 36 heavy (non-hydrogen) atoms. The molecule has 3 heterocycles. The van der Waals surface area contributed by atoms with E-state index >= 15 is 0 Å². The fourth-order valence-electron chi connectivity index (χ4n) is 4.66. The van der Waals surface area contributed by atoms with Crippen molar-refractivity contribution in [3.8, 4) is 28.5 Å². The average Bonchev–Trinajstić information content (AvgIpc) is 3.52. The van der Waals surface area contributed by atoms with E-state index in [1.165, 1.54) is 18.9 Å². The number of benzene rings is 3. The Morgan fingerprint density at radius 2 is 1.47 bits per heavy atom. The van der Waals surface area contributed by atoms with E-state index in [4.69, 9.17) is 9.72 Å². The fraction of sp³-hybridized carbons (Fsp3) is 0.231. The zero-order chi connectivity index (χ0) is 24.8. The number of methoxy groups -OCH3 is 1. The highest BCUT2D eigenvalue weighted by atomic mass is 16.6. The quantitative estimate of drug-likeness (QED) is 0.280. The van der Waals surface area contributed by atoms with Gasteiger partial charge in [0.25, 0.3) is 0 Å². The number of hydrogen-bond donors (Lipinski definition) is 2. The predicted molar refractivity (Wildman–Crippen MR) is 140 cm³/mol. The number of anilines is 1. The molecule has 1 aliphatic rings. The first kappa shape index (κ1) is 22.1. The van der Waals surface area contributed by atoms with Gasteiger partial charge in [-0.25, -0.2) is 9.97 Å². The predicted octanol–water partition coefficient (Wildman–Crippen LogP) is 4.44. The molecule has 0 unspecified atom stereocenters. The molecule has 1 aliphatic heterocycles. The molecule has 0 saturated carbocycles. The minimum Gasteiger partial charge on any atom is -0.490 e. The van der Waals surface area contributed by atoms with E-state index in [-0.39, 0.29) is 11.4 Å². The number of nitrogens with one attached hydrogen (secondary N) is 2. The summed E-state index contributed by atoms with van der Waals surface area (Å²) in [6.07, 6.45) is 0. The van der Waals surface area contributed by atoms with Crippen LogP contribution in [0.15, 0.2) is 54.6 Å². The Hall–Kier alpha value is -4.44. The zero-order valence-electron chi connectivity index (χ0n) is 20.0. The third kappa shape index (κ3) is 3.91. The van der Waals surface area contributed by atoms with Crippen LogP contribution >= 0.6 is 0 Å². The molecule has 3 aromatic carbocycles. The maximum Gasteiger partial charge on any atom is 0.311 e. The van der Waals surface area contributed by atoms with Gasteiger partial charge in [-0.05, 0) is 55.6 Å². The summed E-state index contributed by atoms with van der Waals surface area (Å²) in [5.74, 6) is 1.53. The number of H-pyrrole nitrogens is 2. The van der Waals surface area contributed by atoms with Gasteiger partial charge in [0.15, 0.2) is 5.75 Å². The number of ether oxygens (including phenoxy) is 1. The Morgan fingerprint density at radius 3 is 2.14 bits per heavy atom. The van der Waals surface area contributed by atoms with E-state index in [0.29, 0.717) is 11.4 Å². The van der Waals surface area contributed by atoms with E-state index in [1.54, 1.807) is 12.1 Å². The van der Waals surface area contributed by atoms with Crippen molar-refractivity contribution in [1.82, 2.24) is 24.8 Å². The zero-order valence-corrected chi connectivity index (χ0v) is 20.0. The molecule has 0 bridgehead atoms. The van der Waals surface area contributed by atoms with Crippen molar-refractivity contribution in [1.29, 1.82) is 0 Å². The Balaban J connectivity index is 1.32. The summed E-state index contributed by atoms with van der Waals surface area (Å²) < 4.78 is 5.10. The number of aromatic amines is 2. The SMILES string of the molecule is COc1ccc(-c2nc3cc(-c4nc5cc(N6CCN(C)CC6)ccc5[nH]4)ccc3[nH]2)cc1[N+](=O)[O-]. The molecule has 10 heteroatoms. The molecule has 1 saturated heterocycles. The molecule has 0 spiro atoms. The molecule has 0 radical (unpaired) electrons. The molecule has 10 nitrogen and oxygen atoms in total. The van der Waals surface area contributed by atoms with Gasteiger partial charge >= 0.3 is 5.69 Å². The van der Waals surface area contributed by atoms with E-state index in [1.807, 2.05) is 18.2 Å². The summed E-state index contributed by atoms with van der Waals surface area (Å²) in [6, 6.07) is 17.1. The van der Waals surface area contributed by atoms with Crippen molar-refractivity contribution < 1.29 is 9.66 Å². The normalized spacial score (nSPS) is 14.6. The maximum absolute atomic E-state index is 11.4. The first-order valence-corrected chi connectivity index (χ1v) is 11.7. The summed E-state index contributed by atoms with van der Waals surface area (Å²) in [7, 11) is 3.57. The number of rotatable bonds is 5. The van der Waals surface area contributed by atoms with Gasteiger partial charge in [0.05, 0.1) is 34.1 Å². The third-order valence-corrected chi connectivity index (χ3v) is 6.74. The maximum atomic E-state index is 11.4. The Kier molecular flexibility index (Phi) is 5.30. The van der Waals surface area contributed by atoms with E-state index < -0.39 is 4.92 Å². The fourth-order valence-corrected chi connectivity index (χ4v) is 4.66. The summed E-state index contributed by atoms with van der Waals surface area (Å²) in [5, 5.41) is 11.4. The highest BCUT2D eigenvalue weighted by molar-refractivity contribution is 5.87. The number of hydrogen-bond acceptors (Lipinski definition) is 7. The lowest BCUT2D eigenvalue weighted by Crippen LogP contribution is -2.44. The van der Waals surface area contributed by atoms with Crippen LogP contribution in [-0.4, -0.2) is 70.1 Å². The van der Waals surface area contributed by atoms with Crippen LogP contribution in [-0.2, 0) is 0 Å². The molecule has 0 amide bonds. The summed E-state index contributed by atoms with van der Waals surface area (Å²) in [6.45, 7) is 4.13. The van der Waals surface area contributed by atoms with Crippen LogP contribution in [0.3, 0.4) is 0 Å². The molecule has 0 aliphatic carbocycles. The molecule has 1 fully saturated rings. The minimum atomic E-state index is -0.459. The van der Waals surface area contributed by atoms with Crippen molar-refractivity contribution in [3.05, 3.63) is 64.7 Å². The Morgan fingerprint density at radius 1 is 0.861 bits per heavy atom. The lowest BCUT2D eigenvalue weighted by molar-refractivity contribution is -0.385. The summed E-state index contributed by atoms with van der Waals surface area (Å²) in [4.78, 5) is 31.9. The van der Waals surface area contributed by atoms with Crippen LogP contribution in [0, 0.1) is 10.1 Å². The van der Waals surface area contributed by atoms with Gasteiger partial charge in [-0.1, -0.05) is 0 Å². The third-order valence-electron chi connectivity index (χ3n) is 6.74. The largest absolute Gasteiger partial charge is 0.490 e. The van der Waals surface area contributed by atoms with E-state index in [9.17, 15) is 10.1 Å². The van der Waals surface area contributed by atoms with Crippen molar-refractivity contribution in [2.24, 2.45) is 0 Å². The van der Waals surface area contributed by atoms with Crippen LogP contribution < -0.4 is 9.64 Å². The van der Waals surface area contributed by atoms with Crippen molar-refractivity contribution >= 4 is 33.4 Å². The van der Waals surface area contributed by atoms with Gasteiger partial charge in [-0.3, -0.25) is 10.1 Å². The number of aromatic nitrogens is 4. The number of nitro benzene ring substituents is 1. The monoisotopic (exact) mass is 483 g/mol. The van der Waals surface area contributed by atoms with Crippen LogP contribution in [0.5, 0.6) is 5.75 Å². The van der Waals surface area contributed by atoms with Gasteiger partial charge < -0.3 is 24.5 Å². The summed E-state index contributed by atoms with van der Waals surface area (Å²) >= 11 is 0. The second-order valence-electron chi connectivity index (χ2n) is 9.04. The van der Waals surface area contributed by atoms with Crippen LogP contribution in [0.4, 0.5) is 11.4 Å². The van der Waals surface area contributed by atoms with Gasteiger partial charge in [-0.15, -0.1) is 0 Å². The number of likely N-dealkylation sites (N-methyl/N-ethyl adjacent to an activating group) is 1. The van der Waals surface area contributed by atoms with Crippen molar-refractivity contribution in [3.63, 3.8) is 0 Å². The highest BCUT2D eigenvalue weighted by Crippen LogP contribution is 2.33. The first-order valence-electron chi connectivity index (χ1n) is 11.7. The summed E-state index contributed by atoms with van der Waals surface area (Å²) in [5.41, 5.74) is 6.11. The van der Waals surface area contributed by atoms with Crippen LogP contribution in [0.25, 0.3) is 44.8 Å². The lowest BCUT2D eigenvalue weighted by Gasteiger charge is -2.34.